The highest BCUT2D eigenvalue weighted by atomic mass is 35.5. The Morgan fingerprint density at radius 2 is 1.79 bits per heavy atom. The number of rotatable bonds is 6. The highest BCUT2D eigenvalue weighted by Gasteiger charge is 2.30. The van der Waals surface area contributed by atoms with Gasteiger partial charge in [-0.2, -0.15) is 13.2 Å². The van der Waals surface area contributed by atoms with Gasteiger partial charge in [-0.25, -0.2) is 4.84 Å². The summed E-state index contributed by atoms with van der Waals surface area (Å²) in [4.78, 5) is 14.6. The molecule has 2 aromatic rings. The summed E-state index contributed by atoms with van der Waals surface area (Å²) in [6.45, 7) is 0. The Morgan fingerprint density at radius 1 is 1.08 bits per heavy atom. The van der Waals surface area contributed by atoms with E-state index in [0.717, 1.165) is 17.7 Å². The third kappa shape index (κ3) is 5.25. The van der Waals surface area contributed by atoms with Crippen LogP contribution < -0.4 is 10.2 Å². The Labute approximate surface area is 142 Å². The van der Waals surface area contributed by atoms with E-state index in [4.69, 9.17) is 11.8 Å². The molecule has 7 heteroatoms. The van der Waals surface area contributed by atoms with Crippen molar-refractivity contribution in [3.8, 4) is 0 Å². The molecule has 0 fully saturated rings. The summed E-state index contributed by atoms with van der Waals surface area (Å²) in [5.41, 5.74) is 0.299. The van der Waals surface area contributed by atoms with Crippen molar-refractivity contribution in [2.24, 2.45) is 0 Å². The van der Waals surface area contributed by atoms with E-state index in [9.17, 15) is 18.0 Å². The maximum Gasteiger partial charge on any atom is 0.416 e. The summed E-state index contributed by atoms with van der Waals surface area (Å²) in [5, 5.41) is 2.46. The lowest BCUT2D eigenvalue weighted by molar-refractivity contribution is -0.137. The minimum Gasteiger partial charge on any atom is -0.325 e. The maximum atomic E-state index is 12.7. The standard InChI is InChI=1S/C17H16ClF3N2O/c18-23-15(10-9-12-5-2-1-3-6-12)16(24)22-14-8-4-7-13(11-14)17(19,20)21/h1-8,11,15,23H,9-10H2,(H,22,24)/t15-/m0/s1. The molecule has 0 heterocycles. The average Bonchev–Trinajstić information content (AvgIpc) is 2.56. The number of nitrogens with one attached hydrogen (secondary N) is 2. The van der Waals surface area contributed by atoms with E-state index in [2.05, 4.69) is 10.2 Å². The quantitative estimate of drug-likeness (QED) is 0.754. The molecule has 0 spiro atoms. The predicted octanol–water partition coefficient (Wildman–Crippen LogP) is 4.39. The van der Waals surface area contributed by atoms with E-state index in [1.165, 1.54) is 12.1 Å². The highest BCUT2D eigenvalue weighted by Crippen LogP contribution is 2.30. The number of carbonyl (C=O) groups is 1. The molecule has 0 radical (unpaired) electrons. The number of amides is 1. The second kappa shape index (κ2) is 8.17. The second-order valence-corrected chi connectivity index (χ2v) is 5.47. The zero-order valence-corrected chi connectivity index (χ0v) is 13.4. The van der Waals surface area contributed by atoms with Crippen LogP contribution in [0.5, 0.6) is 0 Å². The molecule has 1 atom stereocenters. The average molecular weight is 357 g/mol. The third-order valence-corrected chi connectivity index (χ3v) is 3.73. The van der Waals surface area contributed by atoms with Gasteiger partial charge in [0.25, 0.3) is 0 Å². The molecule has 0 bridgehead atoms. The van der Waals surface area contributed by atoms with Crippen molar-refractivity contribution in [1.82, 2.24) is 4.84 Å². The van der Waals surface area contributed by atoms with Crippen LogP contribution in [0.3, 0.4) is 0 Å². The van der Waals surface area contributed by atoms with Gasteiger partial charge in [-0.1, -0.05) is 36.4 Å². The summed E-state index contributed by atoms with van der Waals surface area (Å²) >= 11 is 5.61. The van der Waals surface area contributed by atoms with Crippen molar-refractivity contribution in [3.05, 3.63) is 65.7 Å². The number of aryl methyl sites for hydroxylation is 1. The zero-order valence-electron chi connectivity index (χ0n) is 12.6. The summed E-state index contributed by atoms with van der Waals surface area (Å²) < 4.78 is 38.1. The molecule has 0 saturated carbocycles. The Hall–Kier alpha value is -2.05. The summed E-state index contributed by atoms with van der Waals surface area (Å²) in [5.74, 6) is -0.486. The van der Waals surface area contributed by atoms with Crippen molar-refractivity contribution in [2.45, 2.75) is 25.1 Å². The van der Waals surface area contributed by atoms with Gasteiger partial charge in [0.05, 0.1) is 5.56 Å². The number of carbonyl (C=O) groups excluding carboxylic acids is 1. The number of benzene rings is 2. The van der Waals surface area contributed by atoms with Crippen LogP contribution in [0, 0.1) is 0 Å². The van der Waals surface area contributed by atoms with Crippen molar-refractivity contribution < 1.29 is 18.0 Å². The molecule has 24 heavy (non-hydrogen) atoms. The molecule has 2 rings (SSSR count). The fraction of sp³-hybridized carbons (Fsp3) is 0.235. The van der Waals surface area contributed by atoms with Crippen LogP contribution in [0.1, 0.15) is 17.5 Å². The number of alkyl halides is 3. The topological polar surface area (TPSA) is 41.1 Å². The minimum absolute atomic E-state index is 0.0754. The van der Waals surface area contributed by atoms with E-state index in [0.29, 0.717) is 12.8 Å². The Balaban J connectivity index is 1.99. The maximum absolute atomic E-state index is 12.7. The number of anilines is 1. The summed E-state index contributed by atoms with van der Waals surface area (Å²) in [6.07, 6.45) is -3.43. The first-order valence-corrected chi connectivity index (χ1v) is 7.66. The van der Waals surface area contributed by atoms with Gasteiger partial charge in [-0.3, -0.25) is 4.79 Å². The lowest BCUT2D eigenvalue weighted by atomic mass is 10.1. The van der Waals surface area contributed by atoms with Crippen molar-refractivity contribution in [2.75, 3.05) is 5.32 Å². The van der Waals surface area contributed by atoms with Crippen LogP contribution in [0.15, 0.2) is 54.6 Å². The van der Waals surface area contributed by atoms with E-state index >= 15 is 0 Å². The van der Waals surface area contributed by atoms with Crippen molar-refractivity contribution in [3.63, 3.8) is 0 Å². The van der Waals surface area contributed by atoms with Crippen LogP contribution >= 0.6 is 11.8 Å². The van der Waals surface area contributed by atoms with Gasteiger partial charge >= 0.3 is 6.18 Å². The fourth-order valence-electron chi connectivity index (χ4n) is 2.19. The van der Waals surface area contributed by atoms with Crippen LogP contribution in [-0.4, -0.2) is 11.9 Å². The first-order chi connectivity index (χ1) is 11.4. The van der Waals surface area contributed by atoms with Crippen LogP contribution in [0.2, 0.25) is 0 Å². The molecular formula is C17H16ClF3N2O. The highest BCUT2D eigenvalue weighted by molar-refractivity contribution is 6.15. The van der Waals surface area contributed by atoms with Crippen LogP contribution in [0.25, 0.3) is 0 Å². The molecule has 3 nitrogen and oxygen atoms in total. The SMILES string of the molecule is O=C(Nc1cccc(C(F)(F)F)c1)[C@H](CCc1ccccc1)NCl. The molecule has 1 amide bonds. The fourth-order valence-corrected chi connectivity index (χ4v) is 2.40. The van der Waals surface area contributed by atoms with Crippen LogP contribution in [-0.2, 0) is 17.4 Å². The van der Waals surface area contributed by atoms with Gasteiger partial charge in [-0.15, -0.1) is 0 Å². The molecule has 2 aromatic carbocycles. The van der Waals surface area contributed by atoms with E-state index in [-0.39, 0.29) is 5.69 Å². The molecule has 0 saturated heterocycles. The van der Waals surface area contributed by atoms with Gasteiger partial charge in [0.15, 0.2) is 0 Å². The van der Waals surface area contributed by atoms with E-state index in [1.807, 2.05) is 30.3 Å². The Bertz CT molecular complexity index is 677. The normalized spacial score (nSPS) is 12.7. The molecule has 0 aliphatic carbocycles. The lowest BCUT2D eigenvalue weighted by Gasteiger charge is -2.15. The molecular weight excluding hydrogens is 341 g/mol. The molecule has 2 N–H and O–H groups in total. The predicted molar refractivity (Wildman–Crippen MR) is 87.6 cm³/mol. The molecule has 0 unspecified atom stereocenters. The first kappa shape index (κ1) is 18.3. The van der Waals surface area contributed by atoms with Crippen molar-refractivity contribution in [1.29, 1.82) is 0 Å². The second-order valence-electron chi connectivity index (χ2n) is 5.25. The largest absolute Gasteiger partial charge is 0.416 e. The van der Waals surface area contributed by atoms with Gasteiger partial charge in [0.2, 0.25) is 5.91 Å². The van der Waals surface area contributed by atoms with Crippen LogP contribution in [0.4, 0.5) is 18.9 Å². The van der Waals surface area contributed by atoms with E-state index in [1.54, 1.807) is 0 Å². The lowest BCUT2D eigenvalue weighted by Crippen LogP contribution is -2.36. The number of halogens is 4. The first-order valence-electron chi connectivity index (χ1n) is 7.28. The summed E-state index contributed by atoms with van der Waals surface area (Å²) in [6, 6.07) is 13.3. The Morgan fingerprint density at radius 3 is 2.42 bits per heavy atom. The van der Waals surface area contributed by atoms with Gasteiger partial charge in [0, 0.05) is 5.69 Å². The zero-order chi connectivity index (χ0) is 17.6. The molecule has 0 aliphatic heterocycles. The Kier molecular flexibility index (Phi) is 6.23. The molecule has 0 aromatic heterocycles. The monoisotopic (exact) mass is 356 g/mol. The minimum atomic E-state index is -4.46. The van der Waals surface area contributed by atoms with Gasteiger partial charge in [-0.05, 0) is 48.4 Å². The van der Waals surface area contributed by atoms with Gasteiger partial charge in [0.1, 0.15) is 6.04 Å². The number of hydrogen-bond acceptors (Lipinski definition) is 2. The van der Waals surface area contributed by atoms with E-state index < -0.39 is 23.7 Å². The molecule has 128 valence electrons. The van der Waals surface area contributed by atoms with Gasteiger partial charge < -0.3 is 5.32 Å². The van der Waals surface area contributed by atoms with Crippen molar-refractivity contribution >= 4 is 23.4 Å². The number of hydrogen-bond donors (Lipinski definition) is 2. The summed E-state index contributed by atoms with van der Waals surface area (Å²) in [7, 11) is 0. The smallest absolute Gasteiger partial charge is 0.325 e. The third-order valence-electron chi connectivity index (χ3n) is 3.47. The molecule has 0 aliphatic rings.